The molecule has 0 bridgehead atoms. The van der Waals surface area contributed by atoms with Crippen molar-refractivity contribution in [1.29, 1.82) is 0 Å². The summed E-state index contributed by atoms with van der Waals surface area (Å²) in [6, 6.07) is 13.4. The Hall–Kier alpha value is -2.75. The molecule has 0 aliphatic heterocycles. The van der Waals surface area contributed by atoms with Crippen LogP contribution in [0.15, 0.2) is 58.8 Å². The lowest BCUT2D eigenvalue weighted by Gasteiger charge is -2.07. The molecule has 4 rings (SSSR count). The van der Waals surface area contributed by atoms with E-state index in [1.165, 1.54) is 35.6 Å². The molecule has 3 aromatic rings. The fourth-order valence-corrected chi connectivity index (χ4v) is 4.92. The van der Waals surface area contributed by atoms with Gasteiger partial charge in [0.25, 0.3) is 0 Å². The highest BCUT2D eigenvalue weighted by Crippen LogP contribution is 2.27. The van der Waals surface area contributed by atoms with E-state index in [9.17, 15) is 13.2 Å². The number of thiazole rings is 1. The lowest BCUT2D eigenvalue weighted by Crippen LogP contribution is -2.25. The molecule has 0 radical (unpaired) electrons. The Morgan fingerprint density at radius 3 is 2.77 bits per heavy atom. The molecule has 1 aliphatic rings. The van der Waals surface area contributed by atoms with Crippen LogP contribution in [0.25, 0.3) is 10.6 Å². The molecule has 2 aromatic carbocycles. The molecule has 1 heterocycles. The van der Waals surface area contributed by atoms with Gasteiger partial charge < -0.3 is 9.47 Å². The SMILES string of the molecule is COc1cccc(-c2nc(COC(=O)c3cccc(S(=O)(=O)NC4CC4)c3)cs2)c1. The number of nitrogens with zero attached hydrogens (tertiary/aromatic N) is 1. The lowest BCUT2D eigenvalue weighted by molar-refractivity contribution is 0.0468. The number of hydrogen-bond donors (Lipinski definition) is 1. The number of rotatable bonds is 8. The second-order valence-corrected chi connectivity index (χ2v) is 9.45. The van der Waals surface area contributed by atoms with Gasteiger partial charge >= 0.3 is 5.97 Å². The Labute approximate surface area is 178 Å². The van der Waals surface area contributed by atoms with Crippen LogP contribution in [0, 0.1) is 0 Å². The van der Waals surface area contributed by atoms with E-state index < -0.39 is 16.0 Å². The van der Waals surface area contributed by atoms with Crippen molar-refractivity contribution in [2.24, 2.45) is 0 Å². The molecular formula is C21H20N2O5S2. The van der Waals surface area contributed by atoms with Crippen LogP contribution in [0.5, 0.6) is 5.75 Å². The second-order valence-electron chi connectivity index (χ2n) is 6.88. The number of methoxy groups -OCH3 is 1. The fraction of sp³-hybridized carbons (Fsp3) is 0.238. The number of benzene rings is 2. The molecule has 30 heavy (non-hydrogen) atoms. The van der Waals surface area contributed by atoms with Crippen LogP contribution in [-0.4, -0.2) is 32.5 Å². The average Bonchev–Trinajstić information content (AvgIpc) is 3.43. The van der Waals surface area contributed by atoms with E-state index in [1.807, 2.05) is 29.6 Å². The maximum atomic E-state index is 12.4. The molecule has 0 spiro atoms. The molecule has 156 valence electrons. The van der Waals surface area contributed by atoms with Gasteiger partial charge in [-0.15, -0.1) is 11.3 Å². The Balaban J connectivity index is 1.41. The van der Waals surface area contributed by atoms with Gasteiger partial charge in [-0.25, -0.2) is 22.9 Å². The summed E-state index contributed by atoms with van der Waals surface area (Å²) in [5.74, 6) is 0.135. The summed E-state index contributed by atoms with van der Waals surface area (Å²) in [4.78, 5) is 17.0. The van der Waals surface area contributed by atoms with Crippen molar-refractivity contribution in [1.82, 2.24) is 9.71 Å². The van der Waals surface area contributed by atoms with Gasteiger partial charge in [-0.1, -0.05) is 18.2 Å². The predicted octanol–water partition coefficient (Wildman–Crippen LogP) is 3.62. The van der Waals surface area contributed by atoms with Crippen LogP contribution in [0.1, 0.15) is 28.9 Å². The van der Waals surface area contributed by atoms with Crippen LogP contribution in [0.4, 0.5) is 0 Å². The number of sulfonamides is 1. The van der Waals surface area contributed by atoms with E-state index in [2.05, 4.69) is 9.71 Å². The highest BCUT2D eigenvalue weighted by atomic mass is 32.2. The van der Waals surface area contributed by atoms with Gasteiger partial charge in [0, 0.05) is 17.0 Å². The minimum atomic E-state index is -3.63. The third-order valence-corrected chi connectivity index (χ3v) is 6.96. The molecule has 1 N–H and O–H groups in total. The van der Waals surface area contributed by atoms with E-state index in [4.69, 9.17) is 9.47 Å². The molecule has 1 saturated carbocycles. The molecular weight excluding hydrogens is 424 g/mol. The van der Waals surface area contributed by atoms with Gasteiger partial charge in [-0.05, 0) is 43.2 Å². The van der Waals surface area contributed by atoms with Crippen LogP contribution >= 0.6 is 11.3 Å². The topological polar surface area (TPSA) is 94.6 Å². The molecule has 1 fully saturated rings. The summed E-state index contributed by atoms with van der Waals surface area (Å²) in [6.45, 7) is -0.00337. The number of nitrogens with one attached hydrogen (secondary N) is 1. The van der Waals surface area contributed by atoms with Gasteiger partial charge in [0.1, 0.15) is 17.4 Å². The van der Waals surface area contributed by atoms with Gasteiger partial charge in [0.05, 0.1) is 23.3 Å². The number of esters is 1. The minimum Gasteiger partial charge on any atom is -0.497 e. The first-order chi connectivity index (χ1) is 14.4. The standard InChI is InChI=1S/C21H20N2O5S2/c1-27-18-6-2-4-14(10-18)20-22-17(13-29-20)12-28-21(24)15-5-3-7-19(11-15)30(25,26)23-16-8-9-16/h2-7,10-11,13,16,23H,8-9,12H2,1H3. The zero-order valence-electron chi connectivity index (χ0n) is 16.2. The van der Waals surface area contributed by atoms with Crippen LogP contribution in [0.2, 0.25) is 0 Å². The Morgan fingerprint density at radius 2 is 2.00 bits per heavy atom. The van der Waals surface area contributed by atoms with Crippen LogP contribution in [-0.2, 0) is 21.4 Å². The number of carbonyl (C=O) groups excluding carboxylic acids is 1. The maximum Gasteiger partial charge on any atom is 0.338 e. The van der Waals surface area contributed by atoms with Gasteiger partial charge in [0.2, 0.25) is 10.0 Å². The molecule has 7 nitrogen and oxygen atoms in total. The first-order valence-corrected chi connectivity index (χ1v) is 11.7. The largest absolute Gasteiger partial charge is 0.497 e. The predicted molar refractivity (Wildman–Crippen MR) is 113 cm³/mol. The van der Waals surface area contributed by atoms with E-state index in [0.29, 0.717) is 5.69 Å². The van der Waals surface area contributed by atoms with Gasteiger partial charge in [-0.3, -0.25) is 0 Å². The number of aromatic nitrogens is 1. The normalized spacial score (nSPS) is 13.8. The minimum absolute atomic E-state index is 0.00337. The fourth-order valence-electron chi connectivity index (χ4n) is 2.76. The Kier molecular flexibility index (Phi) is 5.85. The van der Waals surface area contributed by atoms with Crippen molar-refractivity contribution in [2.45, 2.75) is 30.4 Å². The average molecular weight is 445 g/mol. The monoisotopic (exact) mass is 444 g/mol. The highest BCUT2D eigenvalue weighted by Gasteiger charge is 2.28. The molecule has 0 atom stereocenters. The van der Waals surface area contributed by atoms with E-state index in [0.717, 1.165) is 29.2 Å². The number of hydrogen-bond acceptors (Lipinski definition) is 7. The maximum absolute atomic E-state index is 12.4. The summed E-state index contributed by atoms with van der Waals surface area (Å²) in [5, 5.41) is 2.61. The molecule has 0 amide bonds. The Morgan fingerprint density at radius 1 is 1.20 bits per heavy atom. The van der Waals surface area contributed by atoms with Crippen molar-refractivity contribution in [3.8, 4) is 16.3 Å². The van der Waals surface area contributed by atoms with Crippen molar-refractivity contribution in [3.63, 3.8) is 0 Å². The number of carbonyl (C=O) groups is 1. The first kappa shape index (κ1) is 20.5. The lowest BCUT2D eigenvalue weighted by atomic mass is 10.2. The molecule has 0 unspecified atom stereocenters. The van der Waals surface area contributed by atoms with Gasteiger partial charge in [-0.2, -0.15) is 0 Å². The third-order valence-electron chi connectivity index (χ3n) is 4.50. The first-order valence-electron chi connectivity index (χ1n) is 9.33. The Bertz CT molecular complexity index is 1170. The third kappa shape index (κ3) is 4.86. The summed E-state index contributed by atoms with van der Waals surface area (Å²) in [6.07, 6.45) is 1.68. The van der Waals surface area contributed by atoms with Gasteiger partial charge in [0.15, 0.2) is 0 Å². The van der Waals surface area contributed by atoms with Crippen molar-refractivity contribution in [3.05, 3.63) is 65.2 Å². The summed E-state index contributed by atoms with van der Waals surface area (Å²) in [5.41, 5.74) is 1.71. The summed E-state index contributed by atoms with van der Waals surface area (Å²) in [7, 11) is -2.03. The van der Waals surface area contributed by atoms with E-state index in [1.54, 1.807) is 7.11 Å². The van der Waals surface area contributed by atoms with Crippen molar-refractivity contribution < 1.29 is 22.7 Å². The van der Waals surface area contributed by atoms with Crippen molar-refractivity contribution in [2.75, 3.05) is 7.11 Å². The van der Waals surface area contributed by atoms with Crippen LogP contribution < -0.4 is 9.46 Å². The molecule has 0 saturated heterocycles. The highest BCUT2D eigenvalue weighted by molar-refractivity contribution is 7.89. The van der Waals surface area contributed by atoms with Crippen LogP contribution in [0.3, 0.4) is 0 Å². The summed E-state index contributed by atoms with van der Waals surface area (Å²) >= 11 is 1.44. The van der Waals surface area contributed by atoms with Crippen molar-refractivity contribution >= 4 is 27.3 Å². The smallest absolute Gasteiger partial charge is 0.338 e. The molecule has 1 aliphatic carbocycles. The zero-order valence-corrected chi connectivity index (χ0v) is 17.8. The molecule has 1 aromatic heterocycles. The molecule has 9 heteroatoms. The number of ether oxygens (including phenoxy) is 2. The van der Waals surface area contributed by atoms with E-state index in [-0.39, 0.29) is 23.1 Å². The second kappa shape index (κ2) is 8.55. The quantitative estimate of drug-likeness (QED) is 0.534. The van der Waals surface area contributed by atoms with E-state index >= 15 is 0 Å². The zero-order chi connectivity index (χ0) is 21.1. The summed E-state index contributed by atoms with van der Waals surface area (Å²) < 4.78 is 37.8.